The molecule has 5 N–H and O–H groups in total. The van der Waals surface area contributed by atoms with Crippen LogP contribution in [0, 0.1) is 13.8 Å². The van der Waals surface area contributed by atoms with Crippen molar-refractivity contribution in [2.45, 2.75) is 26.8 Å². The maximum atomic E-state index is 10.7. The number of hydrogen-bond acceptors (Lipinski definition) is 7. The van der Waals surface area contributed by atoms with Gasteiger partial charge in [-0.25, -0.2) is 14.5 Å². The Hall–Kier alpha value is -1.62. The standard InChI is InChI=1S/C12H17N4O4PS.CH2O2.ClH/c1-8-11(3-4-20-21(17,18)19)22-7-16(8)6-10-5-14-9(2)15-12(10)13;2-1-3;/h5,7H,3-4,6H2,1-2H3,(H3-,13,14,15,17,18,19);1H,(H,2,3);1H. The fraction of sp³-hybridized carbons (Fsp3) is 0.385. The van der Waals surface area contributed by atoms with E-state index in [1.165, 1.54) is 11.3 Å². The van der Waals surface area contributed by atoms with E-state index in [-0.39, 0.29) is 25.5 Å². The van der Waals surface area contributed by atoms with E-state index in [1.807, 2.05) is 17.0 Å². The number of phosphoric ester groups is 1. The van der Waals surface area contributed by atoms with Crippen LogP contribution in [0.4, 0.5) is 5.82 Å². The summed E-state index contributed by atoms with van der Waals surface area (Å²) < 4.78 is 17.1. The zero-order valence-electron chi connectivity index (χ0n) is 14.1. The van der Waals surface area contributed by atoms with Crippen molar-refractivity contribution in [3.63, 3.8) is 0 Å². The second-order valence-electron chi connectivity index (χ2n) is 4.87. The molecule has 0 fully saturated rings. The van der Waals surface area contributed by atoms with Crippen LogP contribution in [0.5, 0.6) is 0 Å². The lowest BCUT2D eigenvalue weighted by Gasteiger charge is -2.04. The number of phosphoric acid groups is 1. The number of carboxylic acid groups (broad SMARTS) is 1. The summed E-state index contributed by atoms with van der Waals surface area (Å²) in [5.41, 5.74) is 9.65. The van der Waals surface area contributed by atoms with Crippen molar-refractivity contribution in [3.8, 4) is 0 Å². The van der Waals surface area contributed by atoms with E-state index in [4.69, 9.17) is 25.4 Å². The number of aryl methyl sites for hydroxylation is 1. The Morgan fingerprint density at radius 2 is 2.04 bits per heavy atom. The van der Waals surface area contributed by atoms with Crippen LogP contribution in [0.2, 0.25) is 0 Å². The highest BCUT2D eigenvalue weighted by atomic mass is 35.5. The highest BCUT2D eigenvalue weighted by Gasteiger charge is 2.19. The summed E-state index contributed by atoms with van der Waals surface area (Å²) in [6.07, 6.45) is 2.15. The molecular weight excluding hydrogens is 407 g/mol. The van der Waals surface area contributed by atoms with Crippen LogP contribution in [0.3, 0.4) is 0 Å². The molecule has 0 aliphatic rings. The highest BCUT2D eigenvalue weighted by molar-refractivity contribution is 7.46. The fourth-order valence-electron chi connectivity index (χ4n) is 1.92. The average Bonchev–Trinajstić information content (AvgIpc) is 2.83. The predicted molar refractivity (Wildman–Crippen MR) is 89.9 cm³/mol. The van der Waals surface area contributed by atoms with Crippen molar-refractivity contribution in [3.05, 3.63) is 33.7 Å². The van der Waals surface area contributed by atoms with Gasteiger partial charge in [-0.1, -0.05) is 11.3 Å². The lowest BCUT2D eigenvalue weighted by Crippen LogP contribution is -3.00. The van der Waals surface area contributed by atoms with Gasteiger partial charge in [0.15, 0.2) is 12.2 Å². The zero-order chi connectivity index (χ0) is 19.0. The summed E-state index contributed by atoms with van der Waals surface area (Å²) >= 11 is 1.50. The lowest BCUT2D eigenvalue weighted by atomic mass is 10.2. The molecule has 26 heavy (non-hydrogen) atoms. The smallest absolute Gasteiger partial charge is 0.469 e. The number of nitrogens with zero attached hydrogens (tertiary/aromatic N) is 3. The van der Waals surface area contributed by atoms with Crippen LogP contribution < -0.4 is 22.7 Å². The molecule has 0 aliphatic heterocycles. The number of rotatable bonds is 6. The first kappa shape index (κ1) is 24.4. The number of aromatic nitrogens is 3. The quantitative estimate of drug-likeness (QED) is 0.221. The van der Waals surface area contributed by atoms with Gasteiger partial charge in [0.05, 0.1) is 17.0 Å². The Bertz CT molecular complexity index is 769. The maximum Gasteiger partial charge on any atom is 0.469 e. The molecule has 0 bridgehead atoms. The average molecular weight is 427 g/mol. The van der Waals surface area contributed by atoms with Gasteiger partial charge in [0.25, 0.3) is 6.47 Å². The molecule has 0 saturated heterocycles. The van der Waals surface area contributed by atoms with Crippen LogP contribution in [0.25, 0.3) is 0 Å². The summed E-state index contributed by atoms with van der Waals surface area (Å²) in [5, 5.41) is 6.89. The molecule has 0 unspecified atom stereocenters. The first-order valence-corrected chi connectivity index (χ1v) is 9.41. The van der Waals surface area contributed by atoms with E-state index < -0.39 is 7.82 Å². The summed E-state index contributed by atoms with van der Waals surface area (Å²) in [6.45, 7) is 3.99. The van der Waals surface area contributed by atoms with Crippen LogP contribution in [-0.2, 0) is 26.8 Å². The molecule has 0 saturated carbocycles. The van der Waals surface area contributed by atoms with Gasteiger partial charge in [-0.2, -0.15) is 4.57 Å². The Morgan fingerprint density at radius 3 is 2.58 bits per heavy atom. The molecule has 0 spiro atoms. The van der Waals surface area contributed by atoms with Gasteiger partial charge < -0.3 is 33.0 Å². The van der Waals surface area contributed by atoms with E-state index in [1.54, 1.807) is 13.1 Å². The Morgan fingerprint density at radius 1 is 1.42 bits per heavy atom. The minimum Gasteiger partial charge on any atom is -1.00 e. The molecule has 0 aromatic carbocycles. The van der Waals surface area contributed by atoms with Crippen molar-refractivity contribution in [2.24, 2.45) is 0 Å². The molecule has 0 amide bonds. The first-order chi connectivity index (χ1) is 11.7. The monoisotopic (exact) mass is 426 g/mol. The summed E-state index contributed by atoms with van der Waals surface area (Å²) in [4.78, 5) is 35.0. The molecule has 2 aromatic heterocycles. The van der Waals surface area contributed by atoms with Crippen LogP contribution in [0.15, 0.2) is 11.7 Å². The maximum absolute atomic E-state index is 10.7. The van der Waals surface area contributed by atoms with Crippen LogP contribution in [0.1, 0.15) is 22.0 Å². The van der Waals surface area contributed by atoms with Crippen molar-refractivity contribution in [2.75, 3.05) is 12.3 Å². The van der Waals surface area contributed by atoms with Crippen molar-refractivity contribution in [1.29, 1.82) is 0 Å². The van der Waals surface area contributed by atoms with Gasteiger partial charge in [-0.3, -0.25) is 9.32 Å². The van der Waals surface area contributed by atoms with E-state index in [0.29, 0.717) is 24.6 Å². The van der Waals surface area contributed by atoms with Crippen molar-refractivity contribution < 1.29 is 45.8 Å². The topological polar surface area (TPSA) is 160 Å². The van der Waals surface area contributed by atoms with Crippen LogP contribution >= 0.6 is 19.2 Å². The second-order valence-corrected chi connectivity index (χ2v) is 7.05. The van der Waals surface area contributed by atoms with E-state index >= 15 is 0 Å². The molecule has 0 radical (unpaired) electrons. The third-order valence-corrected chi connectivity index (χ3v) is 4.77. The number of hydrogen-bond donors (Lipinski definition) is 4. The van der Waals surface area contributed by atoms with Gasteiger partial charge in [0, 0.05) is 19.5 Å². The number of anilines is 1. The van der Waals surface area contributed by atoms with Crippen LogP contribution in [-0.4, -0.2) is 37.9 Å². The Balaban J connectivity index is 0.00000146. The van der Waals surface area contributed by atoms with E-state index in [0.717, 1.165) is 16.1 Å². The number of thiazole rings is 1. The molecule has 0 aliphatic carbocycles. The molecular formula is C13H20ClN4O6PS. The predicted octanol–water partition coefficient (Wildman–Crippen LogP) is -2.57. The number of nitrogens with two attached hydrogens (primary N) is 1. The number of carbonyl (C=O) groups is 1. The SMILES string of the molecule is Cc1ncc(C[n+]2csc(CCOP(=O)(O)O)c2C)c(N)n1.O=CO.[Cl-]. The Kier molecular flexibility index (Phi) is 10.5. The van der Waals surface area contributed by atoms with Gasteiger partial charge in [-0.15, -0.1) is 0 Å². The second kappa shape index (κ2) is 11.2. The molecule has 0 atom stereocenters. The third kappa shape index (κ3) is 8.17. The zero-order valence-corrected chi connectivity index (χ0v) is 16.5. The minimum atomic E-state index is -4.41. The highest BCUT2D eigenvalue weighted by Crippen LogP contribution is 2.35. The largest absolute Gasteiger partial charge is 1.00 e. The van der Waals surface area contributed by atoms with Crippen molar-refractivity contribution >= 4 is 31.4 Å². The van der Waals surface area contributed by atoms with E-state index in [9.17, 15) is 4.57 Å². The number of halogens is 1. The van der Waals surface area contributed by atoms with Gasteiger partial charge in [0.1, 0.15) is 11.6 Å². The van der Waals surface area contributed by atoms with Gasteiger partial charge >= 0.3 is 7.82 Å². The fourth-order valence-corrected chi connectivity index (χ4v) is 3.23. The summed E-state index contributed by atoms with van der Waals surface area (Å²) in [5.74, 6) is 1.08. The lowest BCUT2D eigenvalue weighted by molar-refractivity contribution is -0.689. The summed E-state index contributed by atoms with van der Waals surface area (Å²) in [6, 6.07) is 0. The molecule has 146 valence electrons. The molecule has 13 heteroatoms. The normalized spacial score (nSPS) is 10.5. The molecule has 2 rings (SSSR count). The number of nitrogen functional groups attached to an aromatic ring is 1. The van der Waals surface area contributed by atoms with Gasteiger partial charge in [0.2, 0.25) is 5.51 Å². The third-order valence-electron chi connectivity index (χ3n) is 3.10. The van der Waals surface area contributed by atoms with Crippen molar-refractivity contribution in [1.82, 2.24) is 9.97 Å². The first-order valence-electron chi connectivity index (χ1n) is 7.00. The molecule has 2 heterocycles. The van der Waals surface area contributed by atoms with Gasteiger partial charge in [-0.05, 0) is 6.92 Å². The molecule has 2 aromatic rings. The Labute approximate surface area is 160 Å². The van der Waals surface area contributed by atoms with E-state index in [2.05, 4.69) is 14.5 Å². The molecule has 10 nitrogen and oxygen atoms in total. The minimum absolute atomic E-state index is 0. The summed E-state index contributed by atoms with van der Waals surface area (Å²) in [7, 11) is -4.41.